The number of azide groups is 1. The standard InChI is InChI=1S/C11H20N4/c1-4-10(9-13-14-12)11(2,3)15-7-5-6-8-15/h4H,5-9H2,1-3H3. The average molecular weight is 208 g/mol. The first-order valence-corrected chi connectivity index (χ1v) is 5.54. The second-order valence-electron chi connectivity index (χ2n) is 4.46. The van der Waals surface area contributed by atoms with Crippen molar-refractivity contribution in [3.05, 3.63) is 22.1 Å². The first kappa shape index (κ1) is 12.1. The SMILES string of the molecule is CC=C(CN=[N+]=[N-])C(C)(C)N1CCCC1. The van der Waals surface area contributed by atoms with Crippen molar-refractivity contribution in [1.29, 1.82) is 0 Å². The molecule has 0 aromatic rings. The molecule has 1 saturated heterocycles. The monoisotopic (exact) mass is 208 g/mol. The molecule has 0 N–H and O–H groups in total. The number of hydrogen-bond donors (Lipinski definition) is 0. The van der Waals surface area contributed by atoms with Crippen molar-refractivity contribution in [2.45, 2.75) is 39.2 Å². The minimum Gasteiger partial charge on any atom is -0.294 e. The van der Waals surface area contributed by atoms with E-state index in [1.165, 1.54) is 18.4 Å². The van der Waals surface area contributed by atoms with Crippen LogP contribution < -0.4 is 0 Å². The van der Waals surface area contributed by atoms with E-state index in [1.807, 2.05) is 6.92 Å². The Balaban J connectivity index is 2.76. The van der Waals surface area contributed by atoms with Crippen molar-refractivity contribution in [3.8, 4) is 0 Å². The van der Waals surface area contributed by atoms with Gasteiger partial charge in [-0.25, -0.2) is 0 Å². The van der Waals surface area contributed by atoms with Crippen molar-refractivity contribution in [1.82, 2.24) is 4.90 Å². The third-order valence-electron chi connectivity index (χ3n) is 3.34. The van der Waals surface area contributed by atoms with E-state index in [1.54, 1.807) is 0 Å². The van der Waals surface area contributed by atoms with Crippen LogP contribution in [0.25, 0.3) is 10.4 Å². The molecule has 84 valence electrons. The fourth-order valence-corrected chi connectivity index (χ4v) is 2.23. The molecular weight excluding hydrogens is 188 g/mol. The van der Waals surface area contributed by atoms with Gasteiger partial charge in [-0.1, -0.05) is 11.2 Å². The van der Waals surface area contributed by atoms with Crippen molar-refractivity contribution < 1.29 is 0 Å². The lowest BCUT2D eigenvalue weighted by atomic mass is 9.92. The topological polar surface area (TPSA) is 52.0 Å². The van der Waals surface area contributed by atoms with E-state index in [2.05, 4.69) is 34.8 Å². The molecule has 4 heteroatoms. The Bertz CT molecular complexity index is 281. The summed E-state index contributed by atoms with van der Waals surface area (Å²) >= 11 is 0. The van der Waals surface area contributed by atoms with Gasteiger partial charge in [-0.05, 0) is 57.8 Å². The Morgan fingerprint density at radius 3 is 2.53 bits per heavy atom. The molecule has 0 unspecified atom stereocenters. The smallest absolute Gasteiger partial charge is 0.0487 e. The predicted molar refractivity (Wildman–Crippen MR) is 62.7 cm³/mol. The van der Waals surface area contributed by atoms with Gasteiger partial charge in [-0.3, -0.25) is 4.90 Å². The highest BCUT2D eigenvalue weighted by molar-refractivity contribution is 5.19. The molecule has 0 spiro atoms. The van der Waals surface area contributed by atoms with Crippen LogP contribution in [0.2, 0.25) is 0 Å². The summed E-state index contributed by atoms with van der Waals surface area (Å²) in [6.07, 6.45) is 4.64. The fourth-order valence-electron chi connectivity index (χ4n) is 2.23. The minimum absolute atomic E-state index is 0.0272. The van der Waals surface area contributed by atoms with E-state index in [-0.39, 0.29) is 5.54 Å². The van der Waals surface area contributed by atoms with Gasteiger partial charge in [0, 0.05) is 17.0 Å². The molecule has 0 aliphatic carbocycles. The summed E-state index contributed by atoms with van der Waals surface area (Å²) in [5.41, 5.74) is 9.60. The van der Waals surface area contributed by atoms with Crippen molar-refractivity contribution >= 4 is 0 Å². The lowest BCUT2D eigenvalue weighted by molar-refractivity contribution is 0.190. The van der Waals surface area contributed by atoms with Gasteiger partial charge < -0.3 is 0 Å². The van der Waals surface area contributed by atoms with E-state index in [4.69, 9.17) is 5.53 Å². The lowest BCUT2D eigenvalue weighted by Crippen LogP contribution is -2.44. The molecule has 0 aromatic heterocycles. The van der Waals surface area contributed by atoms with Gasteiger partial charge in [0.1, 0.15) is 0 Å². The first-order valence-electron chi connectivity index (χ1n) is 5.54. The highest BCUT2D eigenvalue weighted by Crippen LogP contribution is 2.28. The zero-order valence-electron chi connectivity index (χ0n) is 9.90. The van der Waals surface area contributed by atoms with E-state index in [0.29, 0.717) is 6.54 Å². The van der Waals surface area contributed by atoms with Gasteiger partial charge >= 0.3 is 0 Å². The van der Waals surface area contributed by atoms with Gasteiger partial charge in [-0.2, -0.15) is 0 Å². The Labute approximate surface area is 91.6 Å². The number of allylic oxidation sites excluding steroid dienone is 1. The second kappa shape index (κ2) is 5.19. The van der Waals surface area contributed by atoms with Crippen molar-refractivity contribution in [2.24, 2.45) is 5.11 Å². The summed E-state index contributed by atoms with van der Waals surface area (Å²) < 4.78 is 0. The average Bonchev–Trinajstić information content (AvgIpc) is 2.72. The normalized spacial score (nSPS) is 19.0. The fraction of sp³-hybridized carbons (Fsp3) is 0.818. The maximum absolute atomic E-state index is 8.36. The van der Waals surface area contributed by atoms with Gasteiger partial charge in [-0.15, -0.1) is 0 Å². The van der Waals surface area contributed by atoms with Crippen molar-refractivity contribution in [2.75, 3.05) is 19.6 Å². The van der Waals surface area contributed by atoms with Crippen LogP contribution in [-0.4, -0.2) is 30.1 Å². The minimum atomic E-state index is 0.0272. The quantitative estimate of drug-likeness (QED) is 0.303. The zero-order chi connectivity index (χ0) is 11.3. The van der Waals surface area contributed by atoms with Gasteiger partial charge in [0.15, 0.2) is 0 Å². The molecule has 0 aromatic carbocycles. The molecule has 1 aliphatic rings. The van der Waals surface area contributed by atoms with E-state index < -0.39 is 0 Å². The summed E-state index contributed by atoms with van der Waals surface area (Å²) in [5, 5.41) is 3.67. The Kier molecular flexibility index (Phi) is 4.18. The molecule has 0 saturated carbocycles. The molecular formula is C11H20N4. The summed E-state index contributed by atoms with van der Waals surface area (Å²) in [4.78, 5) is 5.30. The van der Waals surface area contributed by atoms with E-state index >= 15 is 0 Å². The molecule has 1 rings (SSSR count). The first-order chi connectivity index (χ1) is 7.12. The van der Waals surface area contributed by atoms with Crippen LogP contribution in [0.1, 0.15) is 33.6 Å². The van der Waals surface area contributed by atoms with Crippen LogP contribution in [-0.2, 0) is 0 Å². The highest BCUT2D eigenvalue weighted by atomic mass is 15.2. The summed E-state index contributed by atoms with van der Waals surface area (Å²) in [5.74, 6) is 0. The highest BCUT2D eigenvalue weighted by Gasteiger charge is 2.31. The van der Waals surface area contributed by atoms with Crippen LogP contribution >= 0.6 is 0 Å². The second-order valence-corrected chi connectivity index (χ2v) is 4.46. The van der Waals surface area contributed by atoms with E-state index in [9.17, 15) is 0 Å². The summed E-state index contributed by atoms with van der Waals surface area (Å²) in [6.45, 7) is 9.22. The number of rotatable bonds is 4. The molecule has 4 nitrogen and oxygen atoms in total. The van der Waals surface area contributed by atoms with Crippen LogP contribution in [0.15, 0.2) is 16.8 Å². The molecule has 0 bridgehead atoms. The van der Waals surface area contributed by atoms with Crippen molar-refractivity contribution in [3.63, 3.8) is 0 Å². The molecule has 1 fully saturated rings. The largest absolute Gasteiger partial charge is 0.294 e. The molecule has 0 amide bonds. The molecule has 15 heavy (non-hydrogen) atoms. The third kappa shape index (κ3) is 2.74. The molecule has 0 radical (unpaired) electrons. The Morgan fingerprint density at radius 1 is 1.47 bits per heavy atom. The molecule has 0 atom stereocenters. The van der Waals surface area contributed by atoms with Crippen LogP contribution in [0, 0.1) is 0 Å². The number of likely N-dealkylation sites (tertiary alicyclic amines) is 1. The van der Waals surface area contributed by atoms with Crippen LogP contribution in [0.3, 0.4) is 0 Å². The maximum atomic E-state index is 8.36. The Morgan fingerprint density at radius 2 is 2.07 bits per heavy atom. The number of nitrogens with zero attached hydrogens (tertiary/aromatic N) is 4. The van der Waals surface area contributed by atoms with Crippen LogP contribution in [0.4, 0.5) is 0 Å². The van der Waals surface area contributed by atoms with E-state index in [0.717, 1.165) is 13.1 Å². The Hall–Kier alpha value is -0.990. The summed E-state index contributed by atoms with van der Waals surface area (Å²) in [7, 11) is 0. The predicted octanol–water partition coefficient (Wildman–Crippen LogP) is 3.12. The zero-order valence-corrected chi connectivity index (χ0v) is 9.90. The maximum Gasteiger partial charge on any atom is 0.0487 e. The number of hydrogen-bond acceptors (Lipinski definition) is 2. The van der Waals surface area contributed by atoms with Gasteiger partial charge in [0.25, 0.3) is 0 Å². The van der Waals surface area contributed by atoms with Gasteiger partial charge in [0.2, 0.25) is 0 Å². The third-order valence-corrected chi connectivity index (χ3v) is 3.34. The van der Waals surface area contributed by atoms with Gasteiger partial charge in [0.05, 0.1) is 0 Å². The molecule has 1 heterocycles. The molecule has 1 aliphatic heterocycles. The summed E-state index contributed by atoms with van der Waals surface area (Å²) in [6, 6.07) is 0. The lowest BCUT2D eigenvalue weighted by Gasteiger charge is -2.37. The van der Waals surface area contributed by atoms with Crippen LogP contribution in [0.5, 0.6) is 0 Å².